The molecule has 112 valence electrons. The Morgan fingerprint density at radius 3 is 2.81 bits per heavy atom. The van der Waals surface area contributed by atoms with Crippen LogP contribution in [0.15, 0.2) is 30.6 Å². The molecule has 1 aromatic heterocycles. The van der Waals surface area contributed by atoms with Crippen LogP contribution in [0.25, 0.3) is 0 Å². The highest BCUT2D eigenvalue weighted by Crippen LogP contribution is 2.27. The van der Waals surface area contributed by atoms with Crippen molar-refractivity contribution in [1.82, 2.24) is 15.1 Å². The molecule has 1 heterocycles. The van der Waals surface area contributed by atoms with Crippen LogP contribution in [-0.4, -0.2) is 22.9 Å². The second-order valence-electron chi connectivity index (χ2n) is 5.82. The second-order valence-corrected chi connectivity index (χ2v) is 6.23. The van der Waals surface area contributed by atoms with E-state index in [0.29, 0.717) is 0 Å². The molecule has 0 unspecified atom stereocenters. The number of hydrogen-bond acceptors (Lipinski definition) is 3. The van der Waals surface area contributed by atoms with Gasteiger partial charge in [-0.05, 0) is 30.5 Å². The van der Waals surface area contributed by atoms with Gasteiger partial charge in [-0.25, -0.2) is 0 Å². The van der Waals surface area contributed by atoms with Gasteiger partial charge in [0.25, 0.3) is 0 Å². The molecule has 1 aliphatic carbocycles. The Morgan fingerprint density at radius 1 is 1.38 bits per heavy atom. The fraction of sp³-hybridized carbons (Fsp3) is 0.438. The maximum Gasteiger partial charge on any atom is 0.0642 e. The SMILES string of the molecule is CN(Cc1cnn(C)c1)c1ccc(CNC2CC2)cc1Cl. The van der Waals surface area contributed by atoms with Gasteiger partial charge in [0.1, 0.15) is 0 Å². The molecule has 0 aliphatic heterocycles. The fourth-order valence-corrected chi connectivity index (χ4v) is 2.78. The third-order valence-corrected chi connectivity index (χ3v) is 4.08. The van der Waals surface area contributed by atoms with E-state index in [9.17, 15) is 0 Å². The number of halogens is 1. The lowest BCUT2D eigenvalue weighted by molar-refractivity contribution is 0.688. The minimum Gasteiger partial charge on any atom is -0.369 e. The number of aryl methyl sites for hydroxylation is 1. The molecule has 1 aliphatic rings. The van der Waals surface area contributed by atoms with Crippen LogP contribution in [0, 0.1) is 0 Å². The molecule has 0 radical (unpaired) electrons. The molecule has 0 saturated heterocycles. The maximum absolute atomic E-state index is 6.44. The van der Waals surface area contributed by atoms with E-state index in [0.717, 1.165) is 29.8 Å². The van der Waals surface area contributed by atoms with Crippen molar-refractivity contribution >= 4 is 17.3 Å². The quantitative estimate of drug-likeness (QED) is 0.891. The van der Waals surface area contributed by atoms with Gasteiger partial charge in [-0.3, -0.25) is 4.68 Å². The van der Waals surface area contributed by atoms with Crippen LogP contribution < -0.4 is 10.2 Å². The highest BCUT2D eigenvalue weighted by molar-refractivity contribution is 6.33. The van der Waals surface area contributed by atoms with Crippen molar-refractivity contribution in [2.75, 3.05) is 11.9 Å². The van der Waals surface area contributed by atoms with E-state index in [4.69, 9.17) is 11.6 Å². The van der Waals surface area contributed by atoms with Gasteiger partial charge in [-0.2, -0.15) is 5.10 Å². The normalized spacial score (nSPS) is 14.4. The molecule has 1 saturated carbocycles. The fourth-order valence-electron chi connectivity index (χ4n) is 2.43. The first kappa shape index (κ1) is 14.4. The standard InChI is InChI=1S/C16H21ClN4/c1-20(10-13-9-19-21(2)11-13)16-6-3-12(7-15(16)17)8-18-14-4-5-14/h3,6-7,9,11,14,18H,4-5,8,10H2,1-2H3. The number of nitrogens with one attached hydrogen (secondary N) is 1. The minimum atomic E-state index is 0.719. The highest BCUT2D eigenvalue weighted by Gasteiger charge is 2.20. The number of hydrogen-bond donors (Lipinski definition) is 1. The van der Waals surface area contributed by atoms with E-state index in [-0.39, 0.29) is 0 Å². The van der Waals surface area contributed by atoms with E-state index in [1.165, 1.54) is 24.0 Å². The summed E-state index contributed by atoms with van der Waals surface area (Å²) in [6.07, 6.45) is 6.52. The lowest BCUT2D eigenvalue weighted by Gasteiger charge is -2.20. The van der Waals surface area contributed by atoms with Crippen molar-refractivity contribution in [3.05, 3.63) is 46.7 Å². The van der Waals surface area contributed by atoms with Crippen LogP contribution in [0.2, 0.25) is 5.02 Å². The van der Waals surface area contributed by atoms with Crippen LogP contribution in [0.1, 0.15) is 24.0 Å². The summed E-state index contributed by atoms with van der Waals surface area (Å²) in [5.41, 5.74) is 3.47. The summed E-state index contributed by atoms with van der Waals surface area (Å²) in [7, 11) is 3.98. The summed E-state index contributed by atoms with van der Waals surface area (Å²) in [5.74, 6) is 0. The number of rotatable bonds is 6. The summed E-state index contributed by atoms with van der Waals surface area (Å²) < 4.78 is 1.82. The molecule has 1 N–H and O–H groups in total. The summed E-state index contributed by atoms with van der Waals surface area (Å²) >= 11 is 6.44. The van der Waals surface area contributed by atoms with Crippen molar-refractivity contribution in [3.63, 3.8) is 0 Å². The Morgan fingerprint density at radius 2 is 2.19 bits per heavy atom. The van der Waals surface area contributed by atoms with Crippen LogP contribution >= 0.6 is 11.6 Å². The molecule has 1 aromatic carbocycles. The van der Waals surface area contributed by atoms with Crippen molar-refractivity contribution in [1.29, 1.82) is 0 Å². The Kier molecular flexibility index (Phi) is 4.17. The van der Waals surface area contributed by atoms with Crippen molar-refractivity contribution < 1.29 is 0 Å². The third-order valence-electron chi connectivity index (χ3n) is 3.77. The summed E-state index contributed by atoms with van der Waals surface area (Å²) in [4.78, 5) is 2.15. The molecule has 5 heteroatoms. The van der Waals surface area contributed by atoms with E-state index < -0.39 is 0 Å². The lowest BCUT2D eigenvalue weighted by Crippen LogP contribution is -2.17. The Hall–Kier alpha value is -1.52. The van der Waals surface area contributed by atoms with E-state index >= 15 is 0 Å². The van der Waals surface area contributed by atoms with E-state index in [1.807, 2.05) is 24.1 Å². The second kappa shape index (κ2) is 6.08. The number of anilines is 1. The van der Waals surface area contributed by atoms with Gasteiger partial charge < -0.3 is 10.2 Å². The predicted molar refractivity (Wildman–Crippen MR) is 86.6 cm³/mol. The maximum atomic E-state index is 6.44. The zero-order valence-electron chi connectivity index (χ0n) is 12.5. The molecule has 0 amide bonds. The highest BCUT2D eigenvalue weighted by atomic mass is 35.5. The number of nitrogens with zero attached hydrogens (tertiary/aromatic N) is 3. The topological polar surface area (TPSA) is 33.1 Å². The van der Waals surface area contributed by atoms with Crippen LogP contribution in [-0.2, 0) is 20.1 Å². The monoisotopic (exact) mass is 304 g/mol. The zero-order valence-corrected chi connectivity index (χ0v) is 13.3. The predicted octanol–water partition coefficient (Wildman–Crippen LogP) is 2.96. The van der Waals surface area contributed by atoms with Gasteiger partial charge in [0.15, 0.2) is 0 Å². The summed E-state index contributed by atoms with van der Waals surface area (Å²) in [5, 5.41) is 8.51. The van der Waals surface area contributed by atoms with Gasteiger partial charge in [0.05, 0.1) is 16.9 Å². The van der Waals surface area contributed by atoms with Crippen molar-refractivity contribution in [2.45, 2.75) is 32.0 Å². The largest absolute Gasteiger partial charge is 0.369 e. The molecule has 1 fully saturated rings. The van der Waals surface area contributed by atoms with Gasteiger partial charge in [0.2, 0.25) is 0 Å². The Balaban J connectivity index is 1.65. The van der Waals surface area contributed by atoms with Crippen LogP contribution in [0.3, 0.4) is 0 Å². The van der Waals surface area contributed by atoms with Gasteiger partial charge in [-0.1, -0.05) is 17.7 Å². The van der Waals surface area contributed by atoms with Crippen molar-refractivity contribution in [2.24, 2.45) is 7.05 Å². The molecule has 2 aromatic rings. The van der Waals surface area contributed by atoms with Crippen LogP contribution in [0.5, 0.6) is 0 Å². The van der Waals surface area contributed by atoms with E-state index in [1.54, 1.807) is 0 Å². The smallest absolute Gasteiger partial charge is 0.0642 e. The summed E-state index contributed by atoms with van der Waals surface area (Å²) in [6, 6.07) is 7.03. The number of benzene rings is 1. The van der Waals surface area contributed by atoms with Gasteiger partial charge >= 0.3 is 0 Å². The molecule has 21 heavy (non-hydrogen) atoms. The van der Waals surface area contributed by atoms with E-state index in [2.05, 4.69) is 40.6 Å². The zero-order chi connectivity index (χ0) is 14.8. The molecular formula is C16H21ClN4. The number of aromatic nitrogens is 2. The lowest BCUT2D eigenvalue weighted by atomic mass is 10.2. The van der Waals surface area contributed by atoms with Crippen LogP contribution in [0.4, 0.5) is 5.69 Å². The molecular weight excluding hydrogens is 284 g/mol. The average Bonchev–Trinajstić information content (AvgIpc) is 3.19. The third kappa shape index (κ3) is 3.77. The summed E-state index contributed by atoms with van der Waals surface area (Å²) in [6.45, 7) is 1.70. The minimum absolute atomic E-state index is 0.719. The first-order valence-corrected chi connectivity index (χ1v) is 7.70. The molecule has 3 rings (SSSR count). The first-order chi connectivity index (χ1) is 10.1. The average molecular weight is 305 g/mol. The first-order valence-electron chi connectivity index (χ1n) is 7.32. The molecule has 0 atom stereocenters. The molecule has 0 spiro atoms. The Bertz CT molecular complexity index is 618. The van der Waals surface area contributed by atoms with Gasteiger partial charge in [-0.15, -0.1) is 0 Å². The molecule has 4 nitrogen and oxygen atoms in total. The van der Waals surface area contributed by atoms with Crippen molar-refractivity contribution in [3.8, 4) is 0 Å². The van der Waals surface area contributed by atoms with Gasteiger partial charge in [0, 0.05) is 45.0 Å². The molecule has 0 bridgehead atoms. The Labute approximate surface area is 130 Å².